The molecule has 1 aliphatic heterocycles. The Hall–Kier alpha value is -1.79. The van der Waals surface area contributed by atoms with Crippen LogP contribution in [0.1, 0.15) is 18.4 Å². The van der Waals surface area contributed by atoms with Gasteiger partial charge in [-0.3, -0.25) is 9.63 Å². The maximum absolute atomic E-state index is 12.0. The van der Waals surface area contributed by atoms with Gasteiger partial charge in [-0.2, -0.15) is 0 Å². The van der Waals surface area contributed by atoms with Gasteiger partial charge in [-0.1, -0.05) is 6.07 Å². The van der Waals surface area contributed by atoms with E-state index in [9.17, 15) is 15.0 Å². The van der Waals surface area contributed by atoms with Crippen LogP contribution in [0.5, 0.6) is 11.5 Å². The Morgan fingerprint density at radius 1 is 1.37 bits per heavy atom. The molecule has 4 N–H and O–H groups in total. The van der Waals surface area contributed by atoms with Crippen LogP contribution in [0, 0.1) is 0 Å². The summed E-state index contributed by atoms with van der Waals surface area (Å²) < 4.78 is 0. The molecule has 0 saturated carbocycles. The monoisotopic (exact) mass is 266 g/mol. The summed E-state index contributed by atoms with van der Waals surface area (Å²) in [5.41, 5.74) is 6.54. The zero-order chi connectivity index (χ0) is 13.8. The van der Waals surface area contributed by atoms with Crippen LogP contribution >= 0.6 is 0 Å². The number of benzene rings is 1. The topological polar surface area (TPSA) is 96.0 Å². The first-order valence-electron chi connectivity index (χ1n) is 6.28. The summed E-state index contributed by atoms with van der Waals surface area (Å²) in [4.78, 5) is 17.3. The fourth-order valence-corrected chi connectivity index (χ4v) is 1.99. The van der Waals surface area contributed by atoms with Crippen LogP contribution in [-0.2, 0) is 16.1 Å². The molecule has 0 bridgehead atoms. The lowest BCUT2D eigenvalue weighted by Crippen LogP contribution is -2.46. The Kier molecular flexibility index (Phi) is 4.24. The second kappa shape index (κ2) is 5.90. The third-order valence-electron chi connectivity index (χ3n) is 3.06. The Morgan fingerprint density at radius 3 is 2.79 bits per heavy atom. The van der Waals surface area contributed by atoms with Gasteiger partial charge >= 0.3 is 0 Å². The SMILES string of the molecule is N[C@@H](Cc1ccc(O)c(O)c1)C(=O)N1CCCCO1. The molecular formula is C13H18N2O4. The van der Waals surface area contributed by atoms with Gasteiger partial charge in [-0.05, 0) is 37.0 Å². The molecule has 1 aromatic carbocycles. The zero-order valence-electron chi connectivity index (χ0n) is 10.6. The van der Waals surface area contributed by atoms with Crippen LogP contribution in [0.25, 0.3) is 0 Å². The number of nitrogens with two attached hydrogens (primary N) is 1. The molecular weight excluding hydrogens is 248 g/mol. The summed E-state index contributed by atoms with van der Waals surface area (Å²) in [6, 6.07) is 3.68. The van der Waals surface area contributed by atoms with Gasteiger partial charge in [0.2, 0.25) is 0 Å². The molecule has 6 heteroatoms. The van der Waals surface area contributed by atoms with Crippen molar-refractivity contribution in [1.29, 1.82) is 0 Å². The number of carbonyl (C=O) groups excluding carboxylic acids is 1. The van der Waals surface area contributed by atoms with Crippen molar-refractivity contribution < 1.29 is 19.8 Å². The van der Waals surface area contributed by atoms with Crippen molar-refractivity contribution in [1.82, 2.24) is 5.06 Å². The number of rotatable bonds is 3. The summed E-state index contributed by atoms with van der Waals surface area (Å²) in [5.74, 6) is -0.665. The molecule has 1 heterocycles. The van der Waals surface area contributed by atoms with Gasteiger partial charge in [0.15, 0.2) is 11.5 Å². The van der Waals surface area contributed by atoms with Crippen LogP contribution in [-0.4, -0.2) is 40.4 Å². The number of aromatic hydroxyl groups is 2. The Morgan fingerprint density at radius 2 is 2.16 bits per heavy atom. The van der Waals surface area contributed by atoms with Gasteiger partial charge in [0.05, 0.1) is 12.6 Å². The third-order valence-corrected chi connectivity index (χ3v) is 3.06. The number of phenolic OH excluding ortho intramolecular Hbond substituents is 2. The minimum absolute atomic E-state index is 0.192. The van der Waals surface area contributed by atoms with E-state index in [0.717, 1.165) is 12.8 Å². The normalized spacial score (nSPS) is 17.2. The van der Waals surface area contributed by atoms with Crippen molar-refractivity contribution >= 4 is 5.91 Å². The molecule has 19 heavy (non-hydrogen) atoms. The van der Waals surface area contributed by atoms with Crippen LogP contribution in [0.15, 0.2) is 18.2 Å². The zero-order valence-corrected chi connectivity index (χ0v) is 10.6. The molecule has 0 unspecified atom stereocenters. The summed E-state index contributed by atoms with van der Waals surface area (Å²) >= 11 is 0. The van der Waals surface area contributed by atoms with Gasteiger partial charge in [0.1, 0.15) is 0 Å². The minimum Gasteiger partial charge on any atom is -0.504 e. The molecule has 1 saturated heterocycles. The molecule has 2 rings (SSSR count). The van der Waals surface area contributed by atoms with E-state index in [0.29, 0.717) is 18.7 Å². The lowest BCUT2D eigenvalue weighted by molar-refractivity contribution is -0.198. The smallest absolute Gasteiger partial charge is 0.263 e. The van der Waals surface area contributed by atoms with Gasteiger partial charge in [0.25, 0.3) is 5.91 Å². The first-order valence-corrected chi connectivity index (χ1v) is 6.28. The molecule has 1 aliphatic rings. The molecule has 104 valence electrons. The standard InChI is InChI=1S/C13H18N2O4/c14-10(13(18)15-5-1-2-6-19-15)7-9-3-4-11(16)12(17)8-9/h3-4,8,10,16-17H,1-2,5-7,14H2/t10-/m0/s1. The Labute approximate surface area is 111 Å². The second-order valence-corrected chi connectivity index (χ2v) is 4.61. The van der Waals surface area contributed by atoms with E-state index < -0.39 is 6.04 Å². The maximum atomic E-state index is 12.0. The second-order valence-electron chi connectivity index (χ2n) is 4.61. The predicted molar refractivity (Wildman–Crippen MR) is 68.4 cm³/mol. The molecule has 0 spiro atoms. The first kappa shape index (κ1) is 13.6. The molecule has 0 aliphatic carbocycles. The average Bonchev–Trinajstić information content (AvgIpc) is 2.43. The van der Waals surface area contributed by atoms with E-state index in [-0.39, 0.29) is 23.8 Å². The van der Waals surface area contributed by atoms with Gasteiger partial charge in [-0.15, -0.1) is 0 Å². The van der Waals surface area contributed by atoms with Crippen molar-refractivity contribution in [3.63, 3.8) is 0 Å². The highest BCUT2D eigenvalue weighted by Crippen LogP contribution is 2.25. The van der Waals surface area contributed by atoms with Crippen LogP contribution < -0.4 is 5.73 Å². The third kappa shape index (κ3) is 3.36. The van der Waals surface area contributed by atoms with E-state index >= 15 is 0 Å². The number of hydroxylamine groups is 2. The molecule has 0 radical (unpaired) electrons. The quantitative estimate of drug-likeness (QED) is 0.693. The van der Waals surface area contributed by atoms with Crippen LogP contribution in [0.2, 0.25) is 0 Å². The molecule has 1 amide bonds. The summed E-state index contributed by atoms with van der Waals surface area (Å²) in [7, 11) is 0. The number of nitrogens with zero attached hydrogens (tertiary/aromatic N) is 1. The Bertz CT molecular complexity index is 458. The van der Waals surface area contributed by atoms with E-state index in [4.69, 9.17) is 10.6 Å². The summed E-state index contributed by atoms with van der Waals surface area (Å²) in [6.45, 7) is 1.10. The van der Waals surface area contributed by atoms with Crippen LogP contribution in [0.4, 0.5) is 0 Å². The van der Waals surface area contributed by atoms with E-state index in [1.54, 1.807) is 6.07 Å². The molecule has 1 fully saturated rings. The van der Waals surface area contributed by atoms with Crippen molar-refractivity contribution in [3.05, 3.63) is 23.8 Å². The molecule has 1 aromatic rings. The van der Waals surface area contributed by atoms with Crippen molar-refractivity contribution in [3.8, 4) is 11.5 Å². The van der Waals surface area contributed by atoms with Gasteiger partial charge in [0, 0.05) is 6.54 Å². The van der Waals surface area contributed by atoms with E-state index in [1.165, 1.54) is 17.2 Å². The predicted octanol–water partition coefficient (Wildman–Crippen LogP) is 0.522. The highest BCUT2D eigenvalue weighted by molar-refractivity contribution is 5.81. The first-order chi connectivity index (χ1) is 9.08. The van der Waals surface area contributed by atoms with Crippen molar-refractivity contribution in [2.24, 2.45) is 5.73 Å². The molecule has 6 nitrogen and oxygen atoms in total. The average molecular weight is 266 g/mol. The summed E-state index contributed by atoms with van der Waals surface area (Å²) in [5, 5.41) is 19.9. The fourth-order valence-electron chi connectivity index (χ4n) is 1.99. The number of amides is 1. The number of phenols is 2. The van der Waals surface area contributed by atoms with Crippen molar-refractivity contribution in [2.45, 2.75) is 25.3 Å². The maximum Gasteiger partial charge on any atom is 0.263 e. The lowest BCUT2D eigenvalue weighted by Gasteiger charge is -2.28. The highest BCUT2D eigenvalue weighted by atomic mass is 16.7. The number of hydrogen-bond donors (Lipinski definition) is 3. The number of hydrogen-bond acceptors (Lipinski definition) is 5. The van der Waals surface area contributed by atoms with Gasteiger partial charge in [-0.25, -0.2) is 5.06 Å². The molecule has 1 atom stereocenters. The van der Waals surface area contributed by atoms with Crippen LogP contribution in [0.3, 0.4) is 0 Å². The fraction of sp³-hybridized carbons (Fsp3) is 0.462. The highest BCUT2D eigenvalue weighted by Gasteiger charge is 2.24. The minimum atomic E-state index is -0.720. The lowest BCUT2D eigenvalue weighted by atomic mass is 10.1. The van der Waals surface area contributed by atoms with E-state index in [1.807, 2.05) is 0 Å². The summed E-state index contributed by atoms with van der Waals surface area (Å²) in [6.07, 6.45) is 2.15. The largest absolute Gasteiger partial charge is 0.504 e. The van der Waals surface area contributed by atoms with E-state index in [2.05, 4.69) is 0 Å². The number of carbonyl (C=O) groups is 1. The molecule has 0 aromatic heterocycles. The Balaban J connectivity index is 1.97. The van der Waals surface area contributed by atoms with Crippen molar-refractivity contribution in [2.75, 3.05) is 13.2 Å². The van der Waals surface area contributed by atoms with Gasteiger partial charge < -0.3 is 15.9 Å².